The summed E-state index contributed by atoms with van der Waals surface area (Å²) in [6.45, 7) is 2.58. The van der Waals surface area contributed by atoms with Crippen LogP contribution < -0.4 is 14.8 Å². The Bertz CT molecular complexity index is 948. The topological polar surface area (TPSA) is 71.3 Å². The van der Waals surface area contributed by atoms with Gasteiger partial charge < -0.3 is 14.8 Å². The molecule has 0 aliphatic rings. The lowest BCUT2D eigenvalue weighted by Crippen LogP contribution is -2.13. The lowest BCUT2D eigenvalue weighted by atomic mass is 10.1. The Labute approximate surface area is 180 Å². The molecule has 28 heavy (non-hydrogen) atoms. The van der Waals surface area contributed by atoms with Gasteiger partial charge in [-0.1, -0.05) is 5.92 Å². The molecule has 0 saturated carbocycles. The molecule has 0 atom stereocenters. The smallest absolute Gasteiger partial charge is 0.266 e. The maximum Gasteiger partial charge on any atom is 0.266 e. The lowest BCUT2D eigenvalue weighted by Gasteiger charge is -2.09. The van der Waals surface area contributed by atoms with Gasteiger partial charge in [0.15, 0.2) is 0 Å². The van der Waals surface area contributed by atoms with Crippen LogP contribution in [0.3, 0.4) is 0 Å². The van der Waals surface area contributed by atoms with E-state index in [-0.39, 0.29) is 12.2 Å². The van der Waals surface area contributed by atoms with Gasteiger partial charge in [0.2, 0.25) is 0 Å². The van der Waals surface area contributed by atoms with Crippen LogP contribution in [0.1, 0.15) is 12.5 Å². The number of rotatable bonds is 7. The summed E-state index contributed by atoms with van der Waals surface area (Å²) < 4.78 is 12.1. The molecule has 5 nitrogen and oxygen atoms in total. The number of terminal acetylenes is 1. The van der Waals surface area contributed by atoms with E-state index in [2.05, 4.69) is 43.1 Å². The highest BCUT2D eigenvalue weighted by Crippen LogP contribution is 2.35. The molecule has 0 saturated heterocycles. The molecular formula is C21H16Br2N2O3. The van der Waals surface area contributed by atoms with Gasteiger partial charge in [-0.05, 0) is 86.8 Å². The zero-order valence-electron chi connectivity index (χ0n) is 15.0. The minimum atomic E-state index is -0.508. The second-order valence-electron chi connectivity index (χ2n) is 5.39. The number of carbonyl (C=O) groups is 1. The highest BCUT2D eigenvalue weighted by atomic mass is 79.9. The van der Waals surface area contributed by atoms with Crippen molar-refractivity contribution in [3.05, 3.63) is 56.5 Å². The Kier molecular flexibility index (Phi) is 8.13. The van der Waals surface area contributed by atoms with Crippen LogP contribution in [-0.4, -0.2) is 19.1 Å². The van der Waals surface area contributed by atoms with E-state index in [0.29, 0.717) is 38.3 Å². The van der Waals surface area contributed by atoms with Crippen LogP contribution in [0.4, 0.5) is 5.69 Å². The van der Waals surface area contributed by atoms with E-state index in [1.54, 1.807) is 36.4 Å². The molecule has 0 bridgehead atoms. The minimum Gasteiger partial charge on any atom is -0.494 e. The van der Waals surface area contributed by atoms with E-state index in [1.165, 1.54) is 6.08 Å². The summed E-state index contributed by atoms with van der Waals surface area (Å²) in [6, 6.07) is 12.3. The van der Waals surface area contributed by atoms with Gasteiger partial charge in [0.25, 0.3) is 5.91 Å². The fourth-order valence-electron chi connectivity index (χ4n) is 2.23. The average Bonchev–Trinajstić information content (AvgIpc) is 2.67. The maximum absolute atomic E-state index is 12.4. The normalized spacial score (nSPS) is 10.5. The van der Waals surface area contributed by atoms with Gasteiger partial charge in [0.05, 0.1) is 15.6 Å². The molecule has 0 fully saturated rings. The maximum atomic E-state index is 12.4. The fourth-order valence-corrected chi connectivity index (χ4v) is 3.68. The molecule has 0 aliphatic heterocycles. The first-order valence-electron chi connectivity index (χ1n) is 8.19. The van der Waals surface area contributed by atoms with Crippen LogP contribution in [0.5, 0.6) is 11.5 Å². The van der Waals surface area contributed by atoms with E-state index in [9.17, 15) is 10.1 Å². The number of amides is 1. The molecule has 2 rings (SSSR count). The van der Waals surface area contributed by atoms with E-state index < -0.39 is 5.91 Å². The third kappa shape index (κ3) is 5.88. The van der Waals surface area contributed by atoms with Crippen LogP contribution in [0.2, 0.25) is 0 Å². The highest BCUT2D eigenvalue weighted by Gasteiger charge is 2.12. The molecule has 0 unspecified atom stereocenters. The predicted octanol–water partition coefficient (Wildman–Crippen LogP) is 5.17. The van der Waals surface area contributed by atoms with Gasteiger partial charge in [0, 0.05) is 5.69 Å². The second kappa shape index (κ2) is 10.6. The van der Waals surface area contributed by atoms with E-state index in [1.807, 2.05) is 13.0 Å². The molecule has 0 aromatic heterocycles. The van der Waals surface area contributed by atoms with Crippen molar-refractivity contribution in [3.8, 4) is 29.9 Å². The molecule has 1 N–H and O–H groups in total. The largest absolute Gasteiger partial charge is 0.494 e. The van der Waals surface area contributed by atoms with Gasteiger partial charge in [-0.25, -0.2) is 0 Å². The van der Waals surface area contributed by atoms with Crippen molar-refractivity contribution < 1.29 is 14.3 Å². The van der Waals surface area contributed by atoms with Crippen molar-refractivity contribution >= 4 is 49.5 Å². The average molecular weight is 504 g/mol. The first-order valence-corrected chi connectivity index (χ1v) is 9.78. The molecule has 1 amide bonds. The number of hydrogen-bond acceptors (Lipinski definition) is 4. The molecule has 142 valence electrons. The Balaban J connectivity index is 2.19. The molecular weight excluding hydrogens is 488 g/mol. The van der Waals surface area contributed by atoms with Crippen LogP contribution >= 0.6 is 31.9 Å². The third-order valence-corrected chi connectivity index (χ3v) is 4.60. The first-order chi connectivity index (χ1) is 13.5. The van der Waals surface area contributed by atoms with E-state index >= 15 is 0 Å². The van der Waals surface area contributed by atoms with Gasteiger partial charge in [-0.3, -0.25) is 4.79 Å². The van der Waals surface area contributed by atoms with Crippen molar-refractivity contribution in [1.82, 2.24) is 0 Å². The number of ether oxygens (including phenoxy) is 2. The summed E-state index contributed by atoms with van der Waals surface area (Å²) in [5.74, 6) is 3.14. The summed E-state index contributed by atoms with van der Waals surface area (Å²) in [5.41, 5.74) is 1.17. The molecule has 0 spiro atoms. The van der Waals surface area contributed by atoms with Crippen molar-refractivity contribution in [2.24, 2.45) is 0 Å². The molecule has 0 aliphatic carbocycles. The van der Waals surface area contributed by atoms with Gasteiger partial charge >= 0.3 is 0 Å². The fraction of sp³-hybridized carbons (Fsp3) is 0.143. The number of nitrogens with zero attached hydrogens (tertiary/aromatic N) is 1. The van der Waals surface area contributed by atoms with Crippen LogP contribution in [0.25, 0.3) is 6.08 Å². The molecule has 7 heteroatoms. The van der Waals surface area contributed by atoms with Gasteiger partial charge in [-0.15, -0.1) is 6.42 Å². The standard InChI is InChI=1S/C21H16Br2N2O3/c1-3-9-28-20-18(22)11-14(12-19(20)23)10-15(13-24)21(26)25-16-5-7-17(8-6-16)27-4-2/h1,5-8,10-12H,4,9H2,2H3,(H,25,26)/b15-10-. The van der Waals surface area contributed by atoms with Crippen LogP contribution in [-0.2, 0) is 4.79 Å². The molecule has 0 heterocycles. The second-order valence-corrected chi connectivity index (χ2v) is 7.10. The van der Waals surface area contributed by atoms with Crippen LogP contribution in [0.15, 0.2) is 50.9 Å². The van der Waals surface area contributed by atoms with Gasteiger partial charge in [0.1, 0.15) is 29.7 Å². The molecule has 2 aromatic rings. The Morgan fingerprint density at radius 2 is 1.86 bits per heavy atom. The number of nitriles is 1. The Hall–Kier alpha value is -2.74. The summed E-state index contributed by atoms with van der Waals surface area (Å²) in [4.78, 5) is 12.4. The first kappa shape index (κ1) is 21.6. The third-order valence-electron chi connectivity index (χ3n) is 3.42. The highest BCUT2D eigenvalue weighted by molar-refractivity contribution is 9.11. The zero-order chi connectivity index (χ0) is 20.5. The summed E-state index contributed by atoms with van der Waals surface area (Å²) in [7, 11) is 0. The van der Waals surface area contributed by atoms with E-state index in [0.717, 1.165) is 0 Å². The quantitative estimate of drug-likeness (QED) is 0.321. The summed E-state index contributed by atoms with van der Waals surface area (Å²) in [5, 5.41) is 12.1. The Morgan fingerprint density at radius 1 is 1.21 bits per heavy atom. The van der Waals surface area contributed by atoms with Crippen LogP contribution in [0, 0.1) is 23.7 Å². The summed E-state index contributed by atoms with van der Waals surface area (Å²) >= 11 is 6.80. The van der Waals surface area contributed by atoms with Crippen molar-refractivity contribution in [1.29, 1.82) is 5.26 Å². The predicted molar refractivity (Wildman–Crippen MR) is 116 cm³/mol. The van der Waals surface area contributed by atoms with E-state index in [4.69, 9.17) is 15.9 Å². The number of benzene rings is 2. The van der Waals surface area contributed by atoms with Gasteiger partial charge in [-0.2, -0.15) is 5.26 Å². The molecule has 2 aromatic carbocycles. The summed E-state index contributed by atoms with van der Waals surface area (Å²) in [6.07, 6.45) is 6.70. The zero-order valence-corrected chi connectivity index (χ0v) is 18.1. The monoisotopic (exact) mass is 502 g/mol. The Morgan fingerprint density at radius 3 is 2.39 bits per heavy atom. The number of hydrogen-bond donors (Lipinski definition) is 1. The lowest BCUT2D eigenvalue weighted by molar-refractivity contribution is -0.112. The van der Waals surface area contributed by atoms with Crippen molar-refractivity contribution in [2.75, 3.05) is 18.5 Å². The number of anilines is 1. The molecule has 0 radical (unpaired) electrons. The minimum absolute atomic E-state index is 0.0371. The SMILES string of the molecule is C#CCOc1c(Br)cc(/C=C(/C#N)C(=O)Nc2ccc(OCC)cc2)cc1Br. The number of halogens is 2. The number of carbonyl (C=O) groups excluding carboxylic acids is 1. The van der Waals surface area contributed by atoms with Crippen molar-refractivity contribution in [3.63, 3.8) is 0 Å². The number of nitrogens with one attached hydrogen (secondary N) is 1. The van der Waals surface area contributed by atoms with Crippen molar-refractivity contribution in [2.45, 2.75) is 6.92 Å².